The maximum atomic E-state index is 5.96. The van der Waals surface area contributed by atoms with Gasteiger partial charge >= 0.3 is 0 Å². The second-order valence-electron chi connectivity index (χ2n) is 5.23. The number of para-hydroxylation sites is 1. The summed E-state index contributed by atoms with van der Waals surface area (Å²) in [5.41, 5.74) is 7.91. The molecule has 0 spiro atoms. The highest BCUT2D eigenvalue weighted by Gasteiger charge is 2.06. The summed E-state index contributed by atoms with van der Waals surface area (Å²) in [5.74, 6) is 1.20. The lowest BCUT2D eigenvalue weighted by Crippen LogP contribution is -2.07. The SMILES string of the molecule is Cc1ncc(CNc2ccccc2Sc2ccc(Br)cc2)c(N)n1. The molecule has 3 rings (SSSR count). The highest BCUT2D eigenvalue weighted by atomic mass is 79.9. The predicted octanol–water partition coefficient (Wildman–Crippen LogP) is 4.89. The summed E-state index contributed by atoms with van der Waals surface area (Å²) >= 11 is 5.18. The Bertz CT molecular complexity index is 837. The van der Waals surface area contributed by atoms with Crippen LogP contribution in [0, 0.1) is 6.92 Å². The number of hydrogen-bond donors (Lipinski definition) is 2. The van der Waals surface area contributed by atoms with E-state index >= 15 is 0 Å². The van der Waals surface area contributed by atoms with Crippen molar-refractivity contribution in [2.45, 2.75) is 23.3 Å². The summed E-state index contributed by atoms with van der Waals surface area (Å²) in [6.45, 7) is 2.42. The van der Waals surface area contributed by atoms with Crippen LogP contribution in [0.2, 0.25) is 0 Å². The molecule has 3 aromatic rings. The molecular weight excluding hydrogens is 384 g/mol. The molecule has 1 heterocycles. The first kappa shape index (κ1) is 16.8. The molecule has 0 unspecified atom stereocenters. The van der Waals surface area contributed by atoms with Gasteiger partial charge in [0.2, 0.25) is 0 Å². The fourth-order valence-corrected chi connectivity index (χ4v) is 3.36. The number of nitrogens with one attached hydrogen (secondary N) is 1. The van der Waals surface area contributed by atoms with E-state index in [4.69, 9.17) is 5.73 Å². The first-order valence-corrected chi connectivity index (χ1v) is 9.07. The van der Waals surface area contributed by atoms with E-state index in [2.05, 4.69) is 55.5 Å². The van der Waals surface area contributed by atoms with E-state index < -0.39 is 0 Å². The van der Waals surface area contributed by atoms with Gasteiger partial charge in [0.25, 0.3) is 0 Å². The number of hydrogen-bond acceptors (Lipinski definition) is 5. The molecule has 0 aliphatic rings. The molecule has 122 valence electrons. The molecule has 0 aliphatic carbocycles. The number of benzene rings is 2. The van der Waals surface area contributed by atoms with E-state index in [-0.39, 0.29) is 0 Å². The Labute approximate surface area is 154 Å². The van der Waals surface area contributed by atoms with Gasteiger partial charge in [-0.3, -0.25) is 0 Å². The Morgan fingerprint density at radius 1 is 1.12 bits per heavy atom. The van der Waals surface area contributed by atoms with E-state index in [1.807, 2.05) is 31.2 Å². The van der Waals surface area contributed by atoms with Crippen LogP contribution >= 0.6 is 27.7 Å². The molecule has 4 nitrogen and oxygen atoms in total. The Balaban J connectivity index is 1.75. The van der Waals surface area contributed by atoms with Crippen molar-refractivity contribution in [2.24, 2.45) is 0 Å². The van der Waals surface area contributed by atoms with Crippen molar-refractivity contribution >= 4 is 39.2 Å². The summed E-state index contributed by atoms with van der Waals surface area (Å²) in [6.07, 6.45) is 1.77. The number of rotatable bonds is 5. The molecule has 6 heteroatoms. The van der Waals surface area contributed by atoms with Crippen molar-refractivity contribution in [3.05, 3.63) is 70.6 Å². The monoisotopic (exact) mass is 400 g/mol. The Morgan fingerprint density at radius 2 is 1.88 bits per heavy atom. The summed E-state index contributed by atoms with van der Waals surface area (Å²) in [7, 11) is 0. The minimum atomic E-state index is 0.521. The Morgan fingerprint density at radius 3 is 2.62 bits per heavy atom. The van der Waals surface area contributed by atoms with Gasteiger partial charge in [-0.25, -0.2) is 9.97 Å². The minimum absolute atomic E-state index is 0.521. The van der Waals surface area contributed by atoms with Crippen LogP contribution in [0.3, 0.4) is 0 Å². The van der Waals surface area contributed by atoms with Crippen LogP contribution in [0.4, 0.5) is 11.5 Å². The van der Waals surface area contributed by atoms with Crippen LogP contribution in [0.25, 0.3) is 0 Å². The van der Waals surface area contributed by atoms with Crippen LogP contribution in [-0.4, -0.2) is 9.97 Å². The smallest absolute Gasteiger partial charge is 0.132 e. The van der Waals surface area contributed by atoms with Crippen LogP contribution in [-0.2, 0) is 6.54 Å². The number of aryl methyl sites for hydroxylation is 1. The zero-order valence-corrected chi connectivity index (χ0v) is 15.6. The molecule has 3 N–H and O–H groups in total. The fourth-order valence-electron chi connectivity index (χ4n) is 2.17. The minimum Gasteiger partial charge on any atom is -0.383 e. The van der Waals surface area contributed by atoms with Gasteiger partial charge in [-0.15, -0.1) is 0 Å². The lowest BCUT2D eigenvalue weighted by atomic mass is 10.2. The highest BCUT2D eigenvalue weighted by molar-refractivity contribution is 9.10. The second-order valence-corrected chi connectivity index (χ2v) is 7.26. The Hall–Kier alpha value is -2.05. The van der Waals surface area contributed by atoms with Crippen molar-refractivity contribution in [1.29, 1.82) is 0 Å². The summed E-state index contributed by atoms with van der Waals surface area (Å²) in [5, 5.41) is 3.43. The zero-order valence-electron chi connectivity index (χ0n) is 13.2. The number of nitrogens with zero attached hydrogens (tertiary/aromatic N) is 2. The van der Waals surface area contributed by atoms with Gasteiger partial charge in [-0.1, -0.05) is 39.8 Å². The van der Waals surface area contributed by atoms with Crippen LogP contribution in [0.5, 0.6) is 0 Å². The maximum Gasteiger partial charge on any atom is 0.132 e. The molecular formula is C18H17BrN4S. The highest BCUT2D eigenvalue weighted by Crippen LogP contribution is 2.34. The number of anilines is 2. The van der Waals surface area contributed by atoms with Crippen LogP contribution in [0.15, 0.2) is 69.0 Å². The van der Waals surface area contributed by atoms with E-state index in [1.165, 1.54) is 4.90 Å². The number of nitrogens with two attached hydrogens (primary N) is 1. The zero-order chi connectivity index (χ0) is 16.9. The van der Waals surface area contributed by atoms with Crippen molar-refractivity contribution in [1.82, 2.24) is 9.97 Å². The third-order valence-corrected chi connectivity index (χ3v) is 5.03. The van der Waals surface area contributed by atoms with E-state index in [9.17, 15) is 0 Å². The molecule has 0 aliphatic heterocycles. The average Bonchev–Trinajstić information content (AvgIpc) is 2.57. The fraction of sp³-hybridized carbons (Fsp3) is 0.111. The molecule has 0 radical (unpaired) electrons. The second kappa shape index (κ2) is 7.68. The third-order valence-electron chi connectivity index (χ3n) is 3.42. The van der Waals surface area contributed by atoms with Crippen LogP contribution < -0.4 is 11.1 Å². The van der Waals surface area contributed by atoms with E-state index in [0.717, 1.165) is 20.6 Å². The lowest BCUT2D eigenvalue weighted by molar-refractivity contribution is 1.00. The summed E-state index contributed by atoms with van der Waals surface area (Å²) in [4.78, 5) is 10.8. The molecule has 1 aromatic heterocycles. The Kier molecular flexibility index (Phi) is 5.37. The van der Waals surface area contributed by atoms with Crippen molar-refractivity contribution in [2.75, 3.05) is 11.1 Å². The summed E-state index contributed by atoms with van der Waals surface area (Å²) in [6, 6.07) is 16.5. The molecule has 0 saturated heterocycles. The topological polar surface area (TPSA) is 63.8 Å². The first-order valence-electron chi connectivity index (χ1n) is 7.46. The van der Waals surface area contributed by atoms with Gasteiger partial charge < -0.3 is 11.1 Å². The molecule has 0 amide bonds. The number of aromatic nitrogens is 2. The standard InChI is InChI=1S/C18H17BrN4S/c1-12-21-10-13(18(20)23-12)11-22-16-4-2-3-5-17(16)24-15-8-6-14(19)7-9-15/h2-10,22H,11H2,1H3,(H2,20,21,23). The van der Waals surface area contributed by atoms with Gasteiger partial charge in [0, 0.05) is 38.3 Å². The van der Waals surface area contributed by atoms with Crippen molar-refractivity contribution in [3.63, 3.8) is 0 Å². The maximum absolute atomic E-state index is 5.96. The van der Waals surface area contributed by atoms with Crippen LogP contribution in [0.1, 0.15) is 11.4 Å². The van der Waals surface area contributed by atoms with Gasteiger partial charge in [0.1, 0.15) is 11.6 Å². The molecule has 0 saturated carbocycles. The van der Waals surface area contributed by atoms with Crippen molar-refractivity contribution < 1.29 is 0 Å². The number of nitrogen functional groups attached to an aromatic ring is 1. The van der Waals surface area contributed by atoms with Gasteiger partial charge in [0.05, 0.1) is 0 Å². The molecule has 0 atom stereocenters. The predicted molar refractivity (Wildman–Crippen MR) is 103 cm³/mol. The van der Waals surface area contributed by atoms with Crippen molar-refractivity contribution in [3.8, 4) is 0 Å². The quantitative estimate of drug-likeness (QED) is 0.637. The van der Waals surface area contributed by atoms with Gasteiger partial charge in [-0.2, -0.15) is 0 Å². The molecule has 2 aromatic carbocycles. The number of halogens is 1. The largest absolute Gasteiger partial charge is 0.383 e. The summed E-state index contributed by atoms with van der Waals surface area (Å²) < 4.78 is 1.08. The molecule has 24 heavy (non-hydrogen) atoms. The lowest BCUT2D eigenvalue weighted by Gasteiger charge is -2.12. The molecule has 0 bridgehead atoms. The molecule has 0 fully saturated rings. The van der Waals surface area contributed by atoms with E-state index in [0.29, 0.717) is 18.2 Å². The average molecular weight is 401 g/mol. The normalized spacial score (nSPS) is 10.6. The third kappa shape index (κ3) is 4.27. The van der Waals surface area contributed by atoms with Gasteiger partial charge in [0.15, 0.2) is 0 Å². The van der Waals surface area contributed by atoms with E-state index in [1.54, 1.807) is 18.0 Å². The first-order chi connectivity index (χ1) is 11.6. The van der Waals surface area contributed by atoms with Gasteiger partial charge in [-0.05, 0) is 43.3 Å².